The molecule has 0 atom stereocenters. The Morgan fingerprint density at radius 2 is 2.14 bits per heavy atom. The lowest BCUT2D eigenvalue weighted by Gasteiger charge is -2.30. The number of anilines is 1. The van der Waals surface area contributed by atoms with Gasteiger partial charge in [-0.05, 0) is 19.1 Å². The van der Waals surface area contributed by atoms with Crippen LogP contribution in [0.15, 0.2) is 22.8 Å². The fraction of sp³-hybridized carbons (Fsp3) is 0.429. The van der Waals surface area contributed by atoms with Gasteiger partial charge in [0.05, 0.1) is 5.69 Å². The molecule has 1 aliphatic rings. The fourth-order valence-corrected chi connectivity index (χ4v) is 2.29. The quantitative estimate of drug-likeness (QED) is 0.921. The van der Waals surface area contributed by atoms with Crippen molar-refractivity contribution in [2.24, 2.45) is 0 Å². The van der Waals surface area contributed by atoms with Crippen molar-refractivity contribution in [1.29, 1.82) is 0 Å². The number of piperazine rings is 1. The highest BCUT2D eigenvalue weighted by Crippen LogP contribution is 2.30. The zero-order valence-electron chi connectivity index (χ0n) is 11.8. The van der Waals surface area contributed by atoms with Crippen LogP contribution in [0.4, 0.5) is 10.1 Å². The number of hydrogen-bond donors (Lipinski definition) is 1. The number of nitrogens with zero attached hydrogens (tertiary/aromatic N) is 3. The Balaban J connectivity index is 1.79. The summed E-state index contributed by atoms with van der Waals surface area (Å²) in [5.74, 6) is 0.371. The first-order valence-corrected chi connectivity index (χ1v) is 6.90. The molecule has 0 spiro atoms. The molecule has 1 aromatic heterocycles. The van der Waals surface area contributed by atoms with E-state index in [1.807, 2.05) is 0 Å². The molecule has 2 aromatic rings. The number of aromatic nitrogens is 2. The number of aryl methyl sites for hydroxylation is 1. The molecule has 112 valence electrons. The van der Waals surface area contributed by atoms with Crippen molar-refractivity contribution in [3.8, 4) is 5.75 Å². The van der Waals surface area contributed by atoms with Crippen LogP contribution < -0.4 is 15.0 Å². The molecule has 0 bridgehead atoms. The van der Waals surface area contributed by atoms with Crippen LogP contribution in [0.2, 0.25) is 0 Å². The standard InChI is InChI=1S/C14H17FN4O2/c1-10-12(18-21-17-10)9-20-14-3-2-11(15)8-13(14)19-6-4-16-5-7-19/h2-3,8,16H,4-7,9H2,1H3. The van der Waals surface area contributed by atoms with E-state index in [0.29, 0.717) is 17.1 Å². The first-order chi connectivity index (χ1) is 10.2. The largest absolute Gasteiger partial charge is 0.485 e. The molecule has 1 aliphatic heterocycles. The summed E-state index contributed by atoms with van der Waals surface area (Å²) >= 11 is 0. The number of nitrogens with one attached hydrogen (secondary N) is 1. The first-order valence-electron chi connectivity index (χ1n) is 6.90. The maximum Gasteiger partial charge on any atom is 0.145 e. The van der Waals surface area contributed by atoms with E-state index < -0.39 is 0 Å². The lowest BCUT2D eigenvalue weighted by atomic mass is 10.2. The van der Waals surface area contributed by atoms with Gasteiger partial charge in [0.15, 0.2) is 0 Å². The zero-order valence-corrected chi connectivity index (χ0v) is 11.8. The average Bonchev–Trinajstić information content (AvgIpc) is 2.92. The van der Waals surface area contributed by atoms with Crippen LogP contribution in [-0.2, 0) is 6.61 Å². The third kappa shape index (κ3) is 3.13. The van der Waals surface area contributed by atoms with Crippen LogP contribution in [0.25, 0.3) is 0 Å². The molecular formula is C14H17FN4O2. The van der Waals surface area contributed by atoms with Gasteiger partial charge in [0, 0.05) is 32.2 Å². The number of benzene rings is 1. The monoisotopic (exact) mass is 292 g/mol. The SMILES string of the molecule is Cc1nonc1COc1ccc(F)cc1N1CCNCC1. The minimum absolute atomic E-state index is 0.250. The third-order valence-corrected chi connectivity index (χ3v) is 3.49. The first kappa shape index (κ1) is 13.8. The maximum absolute atomic E-state index is 13.5. The van der Waals surface area contributed by atoms with E-state index >= 15 is 0 Å². The molecule has 0 amide bonds. The van der Waals surface area contributed by atoms with Crippen molar-refractivity contribution >= 4 is 5.69 Å². The lowest BCUT2D eigenvalue weighted by molar-refractivity contribution is 0.270. The molecule has 3 rings (SSSR count). The predicted molar refractivity (Wildman–Crippen MR) is 74.8 cm³/mol. The second kappa shape index (κ2) is 6.09. The molecule has 1 fully saturated rings. The van der Waals surface area contributed by atoms with Crippen molar-refractivity contribution in [3.63, 3.8) is 0 Å². The van der Waals surface area contributed by atoms with Gasteiger partial charge in [0.1, 0.15) is 29.6 Å². The Labute approximate surface area is 121 Å². The van der Waals surface area contributed by atoms with Crippen LogP contribution in [0, 0.1) is 12.7 Å². The molecule has 0 saturated carbocycles. The van der Waals surface area contributed by atoms with Crippen molar-refractivity contribution < 1.29 is 13.8 Å². The fourth-order valence-electron chi connectivity index (χ4n) is 2.29. The second-order valence-electron chi connectivity index (χ2n) is 4.93. The highest BCUT2D eigenvalue weighted by atomic mass is 19.1. The zero-order chi connectivity index (χ0) is 14.7. The Bertz CT molecular complexity index is 611. The van der Waals surface area contributed by atoms with Gasteiger partial charge in [-0.3, -0.25) is 0 Å². The summed E-state index contributed by atoms with van der Waals surface area (Å²) < 4.78 is 24.0. The molecular weight excluding hydrogens is 275 g/mol. The van der Waals surface area contributed by atoms with Crippen molar-refractivity contribution in [2.45, 2.75) is 13.5 Å². The predicted octanol–water partition coefficient (Wildman–Crippen LogP) is 1.51. The van der Waals surface area contributed by atoms with Gasteiger partial charge in [0.25, 0.3) is 0 Å². The van der Waals surface area contributed by atoms with E-state index in [9.17, 15) is 4.39 Å². The summed E-state index contributed by atoms with van der Waals surface area (Å²) in [5, 5.41) is 10.8. The molecule has 2 heterocycles. The molecule has 7 heteroatoms. The van der Waals surface area contributed by atoms with Gasteiger partial charge in [-0.1, -0.05) is 10.3 Å². The van der Waals surface area contributed by atoms with Gasteiger partial charge >= 0.3 is 0 Å². The minimum Gasteiger partial charge on any atom is -0.485 e. The molecule has 6 nitrogen and oxygen atoms in total. The molecule has 1 saturated heterocycles. The van der Waals surface area contributed by atoms with Gasteiger partial charge in [-0.2, -0.15) is 0 Å². The van der Waals surface area contributed by atoms with Crippen LogP contribution >= 0.6 is 0 Å². The van der Waals surface area contributed by atoms with E-state index in [4.69, 9.17) is 4.74 Å². The molecule has 21 heavy (non-hydrogen) atoms. The number of halogens is 1. The Morgan fingerprint density at radius 1 is 1.33 bits per heavy atom. The number of ether oxygens (including phenoxy) is 1. The van der Waals surface area contributed by atoms with Crippen molar-refractivity contribution in [2.75, 3.05) is 31.1 Å². The normalized spacial score (nSPS) is 15.2. The van der Waals surface area contributed by atoms with Crippen LogP contribution in [0.5, 0.6) is 5.75 Å². The second-order valence-corrected chi connectivity index (χ2v) is 4.93. The van der Waals surface area contributed by atoms with Gasteiger partial charge in [0.2, 0.25) is 0 Å². The van der Waals surface area contributed by atoms with E-state index in [1.54, 1.807) is 13.0 Å². The van der Waals surface area contributed by atoms with Crippen LogP contribution in [-0.4, -0.2) is 36.5 Å². The average molecular weight is 292 g/mol. The Morgan fingerprint density at radius 3 is 2.86 bits per heavy atom. The topological polar surface area (TPSA) is 63.4 Å². The van der Waals surface area contributed by atoms with E-state index in [1.165, 1.54) is 12.1 Å². The van der Waals surface area contributed by atoms with Crippen LogP contribution in [0.1, 0.15) is 11.4 Å². The molecule has 0 radical (unpaired) electrons. The van der Waals surface area contributed by atoms with Crippen LogP contribution in [0.3, 0.4) is 0 Å². The summed E-state index contributed by atoms with van der Waals surface area (Å²) in [6, 6.07) is 4.55. The molecule has 1 aromatic carbocycles. The number of hydrogen-bond acceptors (Lipinski definition) is 6. The van der Waals surface area contributed by atoms with Crippen molar-refractivity contribution in [3.05, 3.63) is 35.4 Å². The van der Waals surface area contributed by atoms with Gasteiger partial charge < -0.3 is 15.0 Å². The lowest BCUT2D eigenvalue weighted by Crippen LogP contribution is -2.43. The third-order valence-electron chi connectivity index (χ3n) is 3.49. The van der Waals surface area contributed by atoms with Crippen molar-refractivity contribution in [1.82, 2.24) is 15.6 Å². The van der Waals surface area contributed by atoms with E-state index in [2.05, 4.69) is 25.2 Å². The highest BCUT2D eigenvalue weighted by molar-refractivity contribution is 5.59. The van der Waals surface area contributed by atoms with E-state index in [-0.39, 0.29) is 12.4 Å². The van der Waals surface area contributed by atoms with E-state index in [0.717, 1.165) is 31.9 Å². The van der Waals surface area contributed by atoms with Gasteiger partial charge in [-0.25, -0.2) is 9.02 Å². The summed E-state index contributed by atoms with van der Waals surface area (Å²) in [6.07, 6.45) is 0. The summed E-state index contributed by atoms with van der Waals surface area (Å²) in [4.78, 5) is 2.11. The molecule has 1 N–H and O–H groups in total. The maximum atomic E-state index is 13.5. The smallest absolute Gasteiger partial charge is 0.145 e. The molecule has 0 unspecified atom stereocenters. The number of rotatable bonds is 4. The highest BCUT2D eigenvalue weighted by Gasteiger charge is 2.17. The summed E-state index contributed by atoms with van der Waals surface area (Å²) in [5.41, 5.74) is 2.11. The molecule has 0 aliphatic carbocycles. The van der Waals surface area contributed by atoms with Gasteiger partial charge in [-0.15, -0.1) is 0 Å². The summed E-state index contributed by atoms with van der Waals surface area (Å²) in [6.45, 7) is 5.45. The Kier molecular flexibility index (Phi) is 4.01. The summed E-state index contributed by atoms with van der Waals surface area (Å²) in [7, 11) is 0. The minimum atomic E-state index is -0.268. The Hall–Kier alpha value is -2.15.